The predicted molar refractivity (Wildman–Crippen MR) is 270 cm³/mol. The summed E-state index contributed by atoms with van der Waals surface area (Å²) < 4.78 is 22.7. The third kappa shape index (κ3) is 49.5. The van der Waals surface area contributed by atoms with Crippen LogP contribution < -0.4 is 5.11 Å². The first-order chi connectivity index (χ1) is 31.6. The summed E-state index contributed by atoms with van der Waals surface area (Å²) in [5.41, 5.74) is 0. The van der Waals surface area contributed by atoms with Crippen LogP contribution in [0.2, 0.25) is 0 Å². The van der Waals surface area contributed by atoms with Crippen LogP contribution in [0.1, 0.15) is 258 Å². The zero-order chi connectivity index (χ0) is 47.7. The third-order valence-electron chi connectivity index (χ3n) is 12.2. The molecule has 0 saturated carbocycles. The van der Waals surface area contributed by atoms with Crippen molar-refractivity contribution >= 4 is 17.9 Å². The number of carbonyl (C=O) groups is 3. The summed E-state index contributed by atoms with van der Waals surface area (Å²) in [6.07, 6.45) is 52.2. The molecule has 0 aromatic rings. The van der Waals surface area contributed by atoms with Gasteiger partial charge in [0.2, 0.25) is 0 Å². The van der Waals surface area contributed by atoms with Crippen molar-refractivity contribution in [2.24, 2.45) is 0 Å². The first-order valence-electron chi connectivity index (χ1n) is 27.5. The number of quaternary nitrogens is 1. The molecule has 0 radical (unpaired) electrons. The summed E-state index contributed by atoms with van der Waals surface area (Å²) in [5, 5.41) is 11.7. The average molecular weight is 920 g/mol. The van der Waals surface area contributed by atoms with Crippen LogP contribution in [0.4, 0.5) is 0 Å². The Labute approximate surface area is 401 Å². The second kappa shape index (κ2) is 48.2. The molecule has 0 aromatic heterocycles. The molecular formula is C56H105NO8. The monoisotopic (exact) mass is 920 g/mol. The first-order valence-corrected chi connectivity index (χ1v) is 27.5. The summed E-state index contributed by atoms with van der Waals surface area (Å²) in [6, 6.07) is 0. The number of aliphatic carboxylic acids is 1. The van der Waals surface area contributed by atoms with E-state index in [1.54, 1.807) is 0 Å². The molecule has 2 unspecified atom stereocenters. The van der Waals surface area contributed by atoms with Crippen molar-refractivity contribution in [3.05, 3.63) is 24.3 Å². The smallest absolute Gasteiger partial charge is 0.306 e. The lowest BCUT2D eigenvalue weighted by Crippen LogP contribution is -2.44. The molecule has 382 valence electrons. The molecule has 0 amide bonds. The topological polar surface area (TPSA) is 111 Å². The number of ether oxygens (including phenoxy) is 4. The van der Waals surface area contributed by atoms with Crippen LogP contribution in [-0.2, 0) is 33.3 Å². The molecule has 0 aromatic carbocycles. The van der Waals surface area contributed by atoms with Crippen LogP contribution in [-0.4, -0.2) is 82.3 Å². The zero-order valence-electron chi connectivity index (χ0n) is 43.4. The van der Waals surface area contributed by atoms with Gasteiger partial charge < -0.3 is 33.3 Å². The van der Waals surface area contributed by atoms with E-state index in [9.17, 15) is 19.5 Å². The number of carbonyl (C=O) groups excluding carboxylic acids is 3. The number of nitrogens with zero attached hydrogens (tertiary/aromatic N) is 1. The second-order valence-corrected chi connectivity index (χ2v) is 19.9. The van der Waals surface area contributed by atoms with E-state index in [0.717, 1.165) is 57.8 Å². The van der Waals surface area contributed by atoms with Gasteiger partial charge in [0.15, 0.2) is 12.4 Å². The van der Waals surface area contributed by atoms with Gasteiger partial charge in [-0.2, -0.15) is 0 Å². The summed E-state index contributed by atoms with van der Waals surface area (Å²) in [6.45, 7) is 4.75. The Kier molecular flexibility index (Phi) is 46.6. The standard InChI is InChI=1S/C56H105NO8/c1-6-8-10-12-14-16-18-20-22-24-25-26-27-28-29-30-31-33-34-36-38-40-42-44-46-53(58)63-50-52(51-64-56(55(60)61)62-49-48-57(3,4)5)65-54(59)47-45-43-41-39-37-35-32-23-21-19-17-15-13-11-9-7-2/h17,19,23,32,52,56H,6-16,18,20-22,24-31,33-51H2,1-5H3/b19-17-,32-23-. The van der Waals surface area contributed by atoms with Crippen LogP contribution in [0, 0.1) is 0 Å². The van der Waals surface area contributed by atoms with E-state index in [-0.39, 0.29) is 32.2 Å². The van der Waals surface area contributed by atoms with Crippen LogP contribution in [0.15, 0.2) is 24.3 Å². The Morgan fingerprint density at radius 1 is 0.462 bits per heavy atom. The molecule has 65 heavy (non-hydrogen) atoms. The van der Waals surface area contributed by atoms with Gasteiger partial charge in [0.05, 0.1) is 40.3 Å². The van der Waals surface area contributed by atoms with Gasteiger partial charge in [0.25, 0.3) is 0 Å². The van der Waals surface area contributed by atoms with Crippen molar-refractivity contribution in [3.8, 4) is 0 Å². The molecule has 0 heterocycles. The number of likely N-dealkylation sites (N-methyl/N-ethyl adjacent to an activating group) is 1. The fourth-order valence-corrected chi connectivity index (χ4v) is 7.92. The normalized spacial score (nSPS) is 12.9. The maximum Gasteiger partial charge on any atom is 0.306 e. The van der Waals surface area contributed by atoms with Crippen molar-refractivity contribution in [1.29, 1.82) is 0 Å². The maximum absolute atomic E-state index is 12.8. The van der Waals surface area contributed by atoms with Crippen LogP contribution in [0.3, 0.4) is 0 Å². The number of carboxylic acids is 1. The number of hydrogen-bond acceptors (Lipinski definition) is 8. The molecule has 0 fully saturated rings. The highest BCUT2D eigenvalue weighted by Gasteiger charge is 2.22. The highest BCUT2D eigenvalue weighted by Crippen LogP contribution is 2.17. The van der Waals surface area contributed by atoms with Gasteiger partial charge >= 0.3 is 11.9 Å². The molecule has 9 heteroatoms. The molecule has 0 bridgehead atoms. The summed E-state index contributed by atoms with van der Waals surface area (Å²) >= 11 is 0. The lowest BCUT2D eigenvalue weighted by atomic mass is 10.0. The lowest BCUT2D eigenvalue weighted by molar-refractivity contribution is -0.870. The van der Waals surface area contributed by atoms with Gasteiger partial charge in [0.1, 0.15) is 13.2 Å². The predicted octanol–water partition coefficient (Wildman–Crippen LogP) is 14.2. The van der Waals surface area contributed by atoms with Gasteiger partial charge in [0, 0.05) is 12.8 Å². The molecular weight excluding hydrogens is 815 g/mol. The van der Waals surface area contributed by atoms with Crippen molar-refractivity contribution in [2.45, 2.75) is 270 Å². The number of allylic oxidation sites excluding steroid dienone is 4. The Morgan fingerprint density at radius 2 is 0.831 bits per heavy atom. The van der Waals surface area contributed by atoms with E-state index in [1.807, 2.05) is 21.1 Å². The fourth-order valence-electron chi connectivity index (χ4n) is 7.92. The van der Waals surface area contributed by atoms with Gasteiger partial charge in [-0.3, -0.25) is 9.59 Å². The lowest BCUT2D eigenvalue weighted by Gasteiger charge is -2.26. The molecule has 0 aliphatic carbocycles. The molecule has 0 N–H and O–H groups in total. The summed E-state index contributed by atoms with van der Waals surface area (Å²) in [4.78, 5) is 37.2. The molecule has 0 saturated heterocycles. The van der Waals surface area contributed by atoms with Crippen molar-refractivity contribution < 1.29 is 42.9 Å². The highest BCUT2D eigenvalue weighted by atomic mass is 16.7. The van der Waals surface area contributed by atoms with E-state index in [1.165, 1.54) is 167 Å². The quantitative estimate of drug-likeness (QED) is 0.0195. The Morgan fingerprint density at radius 3 is 1.23 bits per heavy atom. The van der Waals surface area contributed by atoms with Gasteiger partial charge in [-0.15, -0.1) is 0 Å². The third-order valence-corrected chi connectivity index (χ3v) is 12.2. The number of unbranched alkanes of at least 4 members (excludes halogenated alkanes) is 32. The first kappa shape index (κ1) is 62.8. The van der Waals surface area contributed by atoms with E-state index in [2.05, 4.69) is 38.2 Å². The number of esters is 2. The molecule has 9 nitrogen and oxygen atoms in total. The van der Waals surface area contributed by atoms with Crippen LogP contribution >= 0.6 is 0 Å². The minimum absolute atomic E-state index is 0.147. The van der Waals surface area contributed by atoms with Gasteiger partial charge in [-0.25, -0.2) is 0 Å². The van der Waals surface area contributed by atoms with Crippen LogP contribution in [0.5, 0.6) is 0 Å². The molecule has 0 spiro atoms. The minimum Gasteiger partial charge on any atom is -0.545 e. The second-order valence-electron chi connectivity index (χ2n) is 19.9. The minimum atomic E-state index is -1.62. The zero-order valence-corrected chi connectivity index (χ0v) is 43.4. The molecule has 2 atom stereocenters. The largest absolute Gasteiger partial charge is 0.545 e. The maximum atomic E-state index is 12.8. The molecule has 0 aliphatic rings. The van der Waals surface area contributed by atoms with E-state index >= 15 is 0 Å². The van der Waals surface area contributed by atoms with Crippen molar-refractivity contribution in [1.82, 2.24) is 0 Å². The number of rotatable bonds is 51. The van der Waals surface area contributed by atoms with Gasteiger partial charge in [-0.1, -0.05) is 224 Å². The van der Waals surface area contributed by atoms with Crippen molar-refractivity contribution in [3.63, 3.8) is 0 Å². The fraction of sp³-hybridized carbons (Fsp3) is 0.875. The Balaban J connectivity index is 4.23. The van der Waals surface area contributed by atoms with Crippen LogP contribution in [0.25, 0.3) is 0 Å². The Hall–Kier alpha value is -2.23. The van der Waals surface area contributed by atoms with E-state index < -0.39 is 24.3 Å². The Bertz CT molecular complexity index is 1120. The van der Waals surface area contributed by atoms with Gasteiger partial charge in [-0.05, 0) is 44.9 Å². The molecule has 0 rings (SSSR count). The molecule has 0 aliphatic heterocycles. The number of hydrogen-bond donors (Lipinski definition) is 0. The number of carboxylic acid groups (broad SMARTS) is 1. The van der Waals surface area contributed by atoms with Crippen molar-refractivity contribution in [2.75, 3.05) is 47.5 Å². The SMILES string of the molecule is CCCCCC/C=C\C/C=C\CCCCCCCC(=O)OC(COC(=O)CCCCCCCCCCCCCCCCCCCCCCCCCC)COC(OCC[N+](C)(C)C)C(=O)[O-]. The highest BCUT2D eigenvalue weighted by molar-refractivity contribution is 5.70. The summed E-state index contributed by atoms with van der Waals surface area (Å²) in [7, 11) is 5.92. The van der Waals surface area contributed by atoms with E-state index in [4.69, 9.17) is 18.9 Å². The van der Waals surface area contributed by atoms with E-state index in [0.29, 0.717) is 23.9 Å². The average Bonchev–Trinajstić information content (AvgIpc) is 3.27. The summed E-state index contributed by atoms with van der Waals surface area (Å²) in [5.74, 6) is -2.29.